The molecule has 2 aromatic carbocycles. The molecule has 1 N–H and O–H groups in total. The molecule has 0 spiro atoms. The number of carbonyl (C=O) groups excluding carboxylic acids is 2. The van der Waals surface area contributed by atoms with E-state index in [1.54, 1.807) is 24.3 Å². The fraction of sp³-hybridized carbons (Fsp3) is 0.158. The number of hydrogen-bond acceptors (Lipinski definition) is 3. The average Bonchev–Trinajstić information content (AvgIpc) is 3.35. The summed E-state index contributed by atoms with van der Waals surface area (Å²) < 4.78 is 0. The van der Waals surface area contributed by atoms with Crippen molar-refractivity contribution in [1.29, 1.82) is 0 Å². The maximum atomic E-state index is 12.6. The van der Waals surface area contributed by atoms with Gasteiger partial charge in [0.25, 0.3) is 0 Å². The second-order valence-corrected chi connectivity index (χ2v) is 5.88. The zero-order chi connectivity index (χ0) is 15.3. The minimum atomic E-state index is -0.572. The van der Waals surface area contributed by atoms with Crippen molar-refractivity contribution in [1.82, 2.24) is 0 Å². The Balaban J connectivity index is 1.96. The van der Waals surface area contributed by atoms with Gasteiger partial charge in [0.15, 0.2) is 0 Å². The van der Waals surface area contributed by atoms with Crippen molar-refractivity contribution in [3.8, 4) is 0 Å². The number of rotatable bonds is 2. The summed E-state index contributed by atoms with van der Waals surface area (Å²) >= 11 is 0. The molecule has 0 amide bonds. The summed E-state index contributed by atoms with van der Waals surface area (Å²) in [6.07, 6.45) is 1.55. The van der Waals surface area contributed by atoms with Crippen molar-refractivity contribution < 1.29 is 14.7 Å². The fourth-order valence-electron chi connectivity index (χ4n) is 3.37. The lowest BCUT2D eigenvalue weighted by atomic mass is 9.77. The molecule has 2 aliphatic rings. The van der Waals surface area contributed by atoms with Gasteiger partial charge in [0.2, 0.25) is 11.6 Å². The van der Waals surface area contributed by atoms with Gasteiger partial charge in [-0.1, -0.05) is 54.6 Å². The predicted molar refractivity (Wildman–Crippen MR) is 82.7 cm³/mol. The maximum Gasteiger partial charge on any atom is 0.234 e. The second-order valence-electron chi connectivity index (χ2n) is 5.88. The Bertz CT molecular complexity index is 827. The van der Waals surface area contributed by atoms with Gasteiger partial charge in [0, 0.05) is 16.5 Å². The monoisotopic (exact) mass is 290 g/mol. The first-order valence-electron chi connectivity index (χ1n) is 7.33. The number of allylic oxidation sites excluding steroid dienone is 1. The smallest absolute Gasteiger partial charge is 0.234 e. The van der Waals surface area contributed by atoms with Gasteiger partial charge in [-0.2, -0.15) is 0 Å². The molecule has 3 nitrogen and oxygen atoms in total. The molecule has 0 aromatic heterocycles. The molecule has 0 saturated heterocycles. The van der Waals surface area contributed by atoms with E-state index in [-0.39, 0.29) is 16.9 Å². The molecule has 22 heavy (non-hydrogen) atoms. The molecule has 0 aliphatic heterocycles. The largest absolute Gasteiger partial charge is 0.507 e. The lowest BCUT2D eigenvalue weighted by molar-refractivity contribution is -0.112. The molecule has 0 radical (unpaired) electrons. The third-order valence-corrected chi connectivity index (χ3v) is 4.65. The second kappa shape index (κ2) is 4.41. The predicted octanol–water partition coefficient (Wildman–Crippen LogP) is 3.45. The van der Waals surface area contributed by atoms with Crippen LogP contribution in [0.15, 0.2) is 60.2 Å². The highest BCUT2D eigenvalue weighted by Gasteiger charge is 2.54. The van der Waals surface area contributed by atoms with E-state index in [9.17, 15) is 14.7 Å². The molecular formula is C19H14O3. The third-order valence-electron chi connectivity index (χ3n) is 4.65. The van der Waals surface area contributed by atoms with Gasteiger partial charge in [-0.3, -0.25) is 9.59 Å². The fourth-order valence-corrected chi connectivity index (χ4v) is 3.37. The molecular weight excluding hydrogens is 276 g/mol. The quantitative estimate of drug-likeness (QED) is 0.862. The van der Waals surface area contributed by atoms with Gasteiger partial charge in [0.1, 0.15) is 5.76 Å². The number of ketones is 2. The lowest BCUT2D eigenvalue weighted by Crippen LogP contribution is -2.30. The van der Waals surface area contributed by atoms with Crippen molar-refractivity contribution in [3.05, 3.63) is 76.9 Å². The number of Topliss-reactive ketones (excluding diaryl/α,β-unsaturated/α-hetero) is 2. The first-order chi connectivity index (χ1) is 10.6. The molecule has 108 valence electrons. The summed E-state index contributed by atoms with van der Waals surface area (Å²) in [5.41, 5.74) is 1.49. The van der Waals surface area contributed by atoms with E-state index in [4.69, 9.17) is 0 Å². The number of aliphatic hydroxyl groups excluding tert-OH is 1. The third kappa shape index (κ3) is 1.62. The molecule has 4 rings (SSSR count). The number of aliphatic hydroxyl groups is 1. The van der Waals surface area contributed by atoms with Crippen molar-refractivity contribution >= 4 is 17.3 Å². The van der Waals surface area contributed by atoms with Crippen LogP contribution in [0.3, 0.4) is 0 Å². The summed E-state index contributed by atoms with van der Waals surface area (Å²) in [6, 6.07) is 16.4. The van der Waals surface area contributed by atoms with Gasteiger partial charge in [0.05, 0.1) is 5.57 Å². The van der Waals surface area contributed by atoms with E-state index < -0.39 is 17.0 Å². The number of benzene rings is 2. The van der Waals surface area contributed by atoms with Crippen LogP contribution in [-0.4, -0.2) is 16.7 Å². The molecule has 0 heterocycles. The Morgan fingerprint density at radius 3 is 2.00 bits per heavy atom. The zero-order valence-electron chi connectivity index (χ0n) is 11.9. The van der Waals surface area contributed by atoms with Crippen LogP contribution < -0.4 is 0 Å². The van der Waals surface area contributed by atoms with Crippen LogP contribution in [0.4, 0.5) is 0 Å². The van der Waals surface area contributed by atoms with E-state index in [1.165, 1.54) is 0 Å². The number of hydrogen-bond donors (Lipinski definition) is 1. The average molecular weight is 290 g/mol. The molecule has 1 fully saturated rings. The lowest BCUT2D eigenvalue weighted by Gasteiger charge is -2.24. The summed E-state index contributed by atoms with van der Waals surface area (Å²) in [6.45, 7) is 0. The van der Waals surface area contributed by atoms with Crippen molar-refractivity contribution in [2.45, 2.75) is 18.3 Å². The SMILES string of the molecule is O=C1C(=O)c2ccccc2C(O)=C1C1(c2ccccc2)CC1. The van der Waals surface area contributed by atoms with Gasteiger partial charge >= 0.3 is 0 Å². The molecule has 0 bridgehead atoms. The Morgan fingerprint density at radius 2 is 1.36 bits per heavy atom. The maximum absolute atomic E-state index is 12.6. The van der Waals surface area contributed by atoms with Gasteiger partial charge in [-0.25, -0.2) is 0 Å². The topological polar surface area (TPSA) is 54.4 Å². The Morgan fingerprint density at radius 1 is 0.773 bits per heavy atom. The Kier molecular flexibility index (Phi) is 2.61. The van der Waals surface area contributed by atoms with Gasteiger partial charge < -0.3 is 5.11 Å². The summed E-state index contributed by atoms with van der Waals surface area (Å²) in [7, 11) is 0. The standard InChI is InChI=1S/C19H14O3/c20-16-13-8-4-5-9-14(13)17(21)18(22)15(16)19(10-11-19)12-6-2-1-3-7-12/h1-9,20H,10-11H2. The molecule has 2 aliphatic carbocycles. The van der Waals surface area contributed by atoms with E-state index in [0.717, 1.165) is 18.4 Å². The van der Waals surface area contributed by atoms with Crippen molar-refractivity contribution in [2.75, 3.05) is 0 Å². The zero-order valence-corrected chi connectivity index (χ0v) is 11.9. The van der Waals surface area contributed by atoms with Crippen molar-refractivity contribution in [2.24, 2.45) is 0 Å². The van der Waals surface area contributed by atoms with E-state index >= 15 is 0 Å². The van der Waals surface area contributed by atoms with E-state index in [2.05, 4.69) is 0 Å². The molecule has 1 saturated carbocycles. The number of carbonyl (C=O) groups is 2. The van der Waals surface area contributed by atoms with E-state index in [1.807, 2.05) is 30.3 Å². The normalized spacial score (nSPS) is 19.1. The van der Waals surface area contributed by atoms with Crippen molar-refractivity contribution in [3.63, 3.8) is 0 Å². The highest BCUT2D eigenvalue weighted by Crippen LogP contribution is 2.56. The van der Waals surface area contributed by atoms with Crippen LogP contribution in [-0.2, 0) is 10.2 Å². The van der Waals surface area contributed by atoms with Crippen LogP contribution in [0, 0.1) is 0 Å². The highest BCUT2D eigenvalue weighted by molar-refractivity contribution is 6.52. The minimum Gasteiger partial charge on any atom is -0.507 e. The molecule has 0 unspecified atom stereocenters. The van der Waals surface area contributed by atoms with E-state index in [0.29, 0.717) is 5.56 Å². The highest BCUT2D eigenvalue weighted by atomic mass is 16.3. The van der Waals surface area contributed by atoms with Crippen LogP contribution in [0.25, 0.3) is 5.76 Å². The van der Waals surface area contributed by atoms with Crippen LogP contribution in [0.2, 0.25) is 0 Å². The van der Waals surface area contributed by atoms with Crippen LogP contribution in [0.1, 0.15) is 34.3 Å². The summed E-state index contributed by atoms with van der Waals surface area (Å²) in [5.74, 6) is -1.13. The minimum absolute atomic E-state index is 0.0402. The first-order valence-corrected chi connectivity index (χ1v) is 7.33. The van der Waals surface area contributed by atoms with Gasteiger partial charge in [-0.05, 0) is 18.4 Å². The van der Waals surface area contributed by atoms with Gasteiger partial charge in [-0.15, -0.1) is 0 Å². The Hall–Kier alpha value is -2.68. The first kappa shape index (κ1) is 13.0. The molecule has 0 atom stereocenters. The van der Waals surface area contributed by atoms with Crippen LogP contribution in [0.5, 0.6) is 0 Å². The Labute approximate surface area is 127 Å². The van der Waals surface area contributed by atoms with Crippen LogP contribution >= 0.6 is 0 Å². The summed E-state index contributed by atoms with van der Waals surface area (Å²) in [5, 5.41) is 10.7. The molecule has 2 aromatic rings. The molecule has 3 heteroatoms. The summed E-state index contributed by atoms with van der Waals surface area (Å²) in [4.78, 5) is 25.0. The number of fused-ring (bicyclic) bond motifs is 1.